The number of carbonyl (C=O) groups excluding carboxylic acids is 1. The number of nitrogens with one attached hydrogen (secondary N) is 1. The Hall–Kier alpha value is -3.20. The highest BCUT2D eigenvalue weighted by Gasteiger charge is 2.36. The third-order valence-electron chi connectivity index (χ3n) is 4.12. The zero-order valence-corrected chi connectivity index (χ0v) is 14.4. The minimum absolute atomic E-state index is 0.0631. The Balaban J connectivity index is 2.02. The molecule has 0 aromatic heterocycles. The van der Waals surface area contributed by atoms with Crippen LogP contribution in [0.1, 0.15) is 11.7 Å². The van der Waals surface area contributed by atoms with Crippen LogP contribution in [0.2, 0.25) is 0 Å². The van der Waals surface area contributed by atoms with Gasteiger partial charge < -0.3 is 0 Å². The van der Waals surface area contributed by atoms with Gasteiger partial charge >= 0.3 is 0 Å². The molecule has 0 bridgehead atoms. The van der Waals surface area contributed by atoms with Crippen LogP contribution in [0.15, 0.2) is 58.6 Å². The maximum atomic E-state index is 12.7. The number of carbonyl (C=O) groups is 1. The number of rotatable bonds is 2. The summed E-state index contributed by atoms with van der Waals surface area (Å²) in [7, 11) is 0. The summed E-state index contributed by atoms with van der Waals surface area (Å²) in [5, 5.41) is 21.8. The van der Waals surface area contributed by atoms with Crippen LogP contribution in [0.4, 0.5) is 5.69 Å². The molecule has 2 aliphatic heterocycles. The summed E-state index contributed by atoms with van der Waals surface area (Å²) in [5.74, 6) is -0.310. The van der Waals surface area contributed by atoms with Crippen molar-refractivity contribution in [2.75, 3.05) is 6.26 Å². The highest BCUT2D eigenvalue weighted by molar-refractivity contribution is 8.13. The highest BCUT2D eigenvalue weighted by atomic mass is 32.2. The average Bonchev–Trinajstić information content (AvgIpc) is 2.66. The van der Waals surface area contributed by atoms with Gasteiger partial charge in [-0.3, -0.25) is 25.2 Å². The third kappa shape index (κ3) is 2.53. The molecule has 8 nitrogen and oxygen atoms in total. The highest BCUT2D eigenvalue weighted by Crippen LogP contribution is 2.34. The molecule has 9 heteroatoms. The largest absolute Gasteiger partial charge is 0.298 e. The number of hydrazone groups is 1. The van der Waals surface area contributed by atoms with Crippen molar-refractivity contribution in [1.82, 2.24) is 10.3 Å². The van der Waals surface area contributed by atoms with Crippen LogP contribution in [0.5, 0.6) is 0 Å². The topological polar surface area (TPSA) is 100 Å². The number of para-hydroxylation sites is 2. The summed E-state index contributed by atoms with van der Waals surface area (Å²) in [6.07, 6.45) is 0.994. The summed E-state index contributed by atoms with van der Waals surface area (Å²) in [6, 6.07) is 13.6. The van der Waals surface area contributed by atoms with Gasteiger partial charge in [0.25, 0.3) is 11.6 Å². The summed E-state index contributed by atoms with van der Waals surface area (Å²) < 4.78 is 0. The molecule has 26 heavy (non-hydrogen) atoms. The third-order valence-corrected chi connectivity index (χ3v) is 4.69. The molecule has 0 aliphatic carbocycles. The smallest absolute Gasteiger partial charge is 0.276 e. The Morgan fingerprint density at radius 1 is 1.19 bits per heavy atom. The van der Waals surface area contributed by atoms with Crippen LogP contribution in [-0.2, 0) is 4.79 Å². The molecule has 0 fully saturated rings. The zero-order valence-electron chi connectivity index (χ0n) is 13.6. The van der Waals surface area contributed by atoms with E-state index in [1.165, 1.54) is 22.8 Å². The monoisotopic (exact) mass is 367 g/mol. The molecule has 0 radical (unpaired) electrons. The van der Waals surface area contributed by atoms with E-state index >= 15 is 0 Å². The second kappa shape index (κ2) is 6.26. The minimum Gasteiger partial charge on any atom is -0.298 e. The summed E-state index contributed by atoms with van der Waals surface area (Å²) in [5.41, 5.74) is 0.645. The summed E-state index contributed by atoms with van der Waals surface area (Å²) >= 11 is 1.28. The number of nitro benzene ring substituents is 1. The molecule has 2 aromatic carbocycles. The van der Waals surface area contributed by atoms with Gasteiger partial charge in [-0.15, -0.1) is 5.10 Å². The van der Waals surface area contributed by atoms with E-state index in [4.69, 9.17) is 0 Å². The van der Waals surface area contributed by atoms with E-state index in [2.05, 4.69) is 15.4 Å². The molecule has 1 N–H and O–H groups in total. The molecule has 0 saturated carbocycles. The lowest BCUT2D eigenvalue weighted by Crippen LogP contribution is -2.50. The van der Waals surface area contributed by atoms with E-state index < -0.39 is 11.1 Å². The second-order valence-corrected chi connectivity index (χ2v) is 6.39. The molecule has 1 amide bonds. The van der Waals surface area contributed by atoms with Gasteiger partial charge in [0.1, 0.15) is 5.70 Å². The second-order valence-electron chi connectivity index (χ2n) is 5.59. The number of hydrogen-bond donors (Lipinski definition) is 1. The van der Waals surface area contributed by atoms with Gasteiger partial charge in [0.15, 0.2) is 11.3 Å². The fourth-order valence-electron chi connectivity index (χ4n) is 2.99. The standard InChI is InChI=1S/C17H13N5O3S/c1-26-17-19-16(23)14-10-6-2-4-8-12(10)18-15(21(14)20-17)11-7-3-5-9-13(11)22(24)25/h2-9,15H,1H3,(H,19,20,23). The van der Waals surface area contributed by atoms with E-state index in [-0.39, 0.29) is 11.6 Å². The Morgan fingerprint density at radius 3 is 2.69 bits per heavy atom. The molecular formula is C17H13N5O3S. The lowest BCUT2D eigenvalue weighted by atomic mass is 10.1. The van der Waals surface area contributed by atoms with E-state index in [0.717, 1.165) is 0 Å². The number of hydrogen-bond acceptors (Lipinski definition) is 7. The Kier molecular flexibility index (Phi) is 3.92. The first-order valence-corrected chi connectivity index (χ1v) is 8.96. The number of nitrogens with zero attached hydrogens (tertiary/aromatic N) is 4. The van der Waals surface area contributed by atoms with Gasteiger partial charge in [0.05, 0.1) is 15.8 Å². The van der Waals surface area contributed by atoms with Gasteiger partial charge in [-0.25, -0.2) is 5.01 Å². The fourth-order valence-corrected chi connectivity index (χ4v) is 3.36. The number of nitro groups is 1. The lowest BCUT2D eigenvalue weighted by Gasteiger charge is -2.33. The summed E-state index contributed by atoms with van der Waals surface area (Å²) in [6.45, 7) is 0. The number of amides is 1. The van der Waals surface area contributed by atoms with Crippen LogP contribution >= 0.6 is 11.8 Å². The summed E-state index contributed by atoms with van der Waals surface area (Å²) in [4.78, 5) is 28.4. The van der Waals surface area contributed by atoms with Crippen molar-refractivity contribution in [3.05, 3.63) is 74.8 Å². The van der Waals surface area contributed by atoms with Gasteiger partial charge in [-0.05, 0) is 18.4 Å². The van der Waals surface area contributed by atoms with Crippen LogP contribution in [0.3, 0.4) is 0 Å². The SMILES string of the molecule is CSC1=NN2C(=c3ccccc3=NC2c2ccccc2[N+](=O)[O-])C(=O)N1. The normalized spacial score (nSPS) is 18.3. The molecule has 1 atom stereocenters. The van der Waals surface area contributed by atoms with E-state index in [1.807, 2.05) is 12.1 Å². The molecule has 1 unspecified atom stereocenters. The maximum absolute atomic E-state index is 12.7. The molecular weight excluding hydrogens is 354 g/mol. The Morgan fingerprint density at radius 2 is 1.92 bits per heavy atom. The molecule has 2 aromatic rings. The zero-order chi connectivity index (χ0) is 18.3. The maximum Gasteiger partial charge on any atom is 0.276 e. The van der Waals surface area contributed by atoms with Crippen LogP contribution in [-0.4, -0.2) is 27.3 Å². The van der Waals surface area contributed by atoms with Crippen molar-refractivity contribution in [1.29, 1.82) is 0 Å². The van der Waals surface area contributed by atoms with Crippen molar-refractivity contribution in [2.24, 2.45) is 10.1 Å². The van der Waals surface area contributed by atoms with Gasteiger partial charge in [0.2, 0.25) is 0 Å². The van der Waals surface area contributed by atoms with Crippen molar-refractivity contribution in [2.45, 2.75) is 6.17 Å². The van der Waals surface area contributed by atoms with Gasteiger partial charge in [-0.2, -0.15) is 0 Å². The van der Waals surface area contributed by atoms with Crippen molar-refractivity contribution in [3.8, 4) is 0 Å². The Bertz CT molecular complexity index is 1080. The Labute approximate surface area is 152 Å². The lowest BCUT2D eigenvalue weighted by molar-refractivity contribution is -0.385. The van der Waals surface area contributed by atoms with Crippen molar-refractivity contribution < 1.29 is 9.72 Å². The van der Waals surface area contributed by atoms with Crippen LogP contribution < -0.4 is 15.9 Å². The minimum atomic E-state index is -0.797. The van der Waals surface area contributed by atoms with Crippen molar-refractivity contribution in [3.63, 3.8) is 0 Å². The first kappa shape index (κ1) is 16.3. The number of benzene rings is 2. The molecule has 4 rings (SSSR count). The number of amidine groups is 1. The number of thioether (sulfide) groups is 1. The van der Waals surface area contributed by atoms with Gasteiger partial charge in [0, 0.05) is 11.3 Å². The molecule has 2 aliphatic rings. The first-order valence-electron chi connectivity index (χ1n) is 7.74. The first-order chi connectivity index (χ1) is 12.6. The van der Waals surface area contributed by atoms with Gasteiger partial charge in [-0.1, -0.05) is 42.1 Å². The van der Waals surface area contributed by atoms with E-state index in [0.29, 0.717) is 27.0 Å². The predicted octanol–water partition coefficient (Wildman–Crippen LogP) is 1.10. The van der Waals surface area contributed by atoms with E-state index in [1.54, 1.807) is 36.6 Å². The van der Waals surface area contributed by atoms with E-state index in [9.17, 15) is 14.9 Å². The molecule has 2 heterocycles. The molecule has 130 valence electrons. The fraction of sp³-hybridized carbons (Fsp3) is 0.118. The predicted molar refractivity (Wildman–Crippen MR) is 97.4 cm³/mol. The molecule has 0 saturated heterocycles. The van der Waals surface area contributed by atoms with Crippen LogP contribution in [0.25, 0.3) is 5.70 Å². The number of fused-ring (bicyclic) bond motifs is 2. The molecule has 0 spiro atoms. The van der Waals surface area contributed by atoms with Crippen molar-refractivity contribution >= 4 is 34.2 Å². The van der Waals surface area contributed by atoms with Crippen LogP contribution in [0, 0.1) is 10.1 Å². The average molecular weight is 367 g/mol. The quantitative estimate of drug-likeness (QED) is 0.633.